The fourth-order valence-corrected chi connectivity index (χ4v) is 2.99. The molecule has 4 aromatic rings. The van der Waals surface area contributed by atoms with E-state index in [4.69, 9.17) is 10.5 Å². The van der Waals surface area contributed by atoms with Crippen molar-refractivity contribution in [2.45, 2.75) is 12.7 Å². The summed E-state index contributed by atoms with van der Waals surface area (Å²) in [7, 11) is 0. The maximum Gasteiger partial charge on any atom is 0.416 e. The van der Waals surface area contributed by atoms with Crippen molar-refractivity contribution < 1.29 is 17.9 Å². The Morgan fingerprint density at radius 2 is 1.59 bits per heavy atom. The third kappa shape index (κ3) is 4.21. The van der Waals surface area contributed by atoms with E-state index in [1.54, 1.807) is 10.7 Å². The molecule has 0 saturated heterocycles. The highest BCUT2D eigenvalue weighted by molar-refractivity contribution is 5.85. The lowest BCUT2D eigenvalue weighted by atomic mass is 10.2. The highest BCUT2D eigenvalue weighted by Gasteiger charge is 2.30. The van der Waals surface area contributed by atoms with Crippen LogP contribution in [0.15, 0.2) is 72.8 Å². The zero-order valence-corrected chi connectivity index (χ0v) is 15.9. The van der Waals surface area contributed by atoms with Gasteiger partial charge in [0.15, 0.2) is 0 Å². The lowest BCUT2D eigenvalue weighted by Crippen LogP contribution is -2.05. The second kappa shape index (κ2) is 8.14. The maximum absolute atomic E-state index is 12.8. The van der Waals surface area contributed by atoms with Gasteiger partial charge in [0.05, 0.1) is 22.5 Å². The molecule has 0 saturated carbocycles. The van der Waals surface area contributed by atoms with Gasteiger partial charge in [-0.3, -0.25) is 0 Å². The second-order valence-electron chi connectivity index (χ2n) is 6.20. The van der Waals surface area contributed by atoms with Crippen molar-refractivity contribution in [3.05, 3.63) is 84.1 Å². The van der Waals surface area contributed by atoms with E-state index in [1.807, 2.05) is 42.5 Å². The largest absolute Gasteiger partial charge is 0.457 e. The molecule has 29 heavy (non-hydrogen) atoms. The van der Waals surface area contributed by atoms with E-state index in [9.17, 15) is 13.2 Å². The van der Waals surface area contributed by atoms with Gasteiger partial charge in [-0.15, -0.1) is 12.4 Å². The van der Waals surface area contributed by atoms with Crippen LogP contribution in [0, 0.1) is 0 Å². The van der Waals surface area contributed by atoms with Gasteiger partial charge in [-0.2, -0.15) is 18.3 Å². The summed E-state index contributed by atoms with van der Waals surface area (Å²) < 4.78 is 45.9. The number of fused-ring (bicyclic) bond motifs is 1. The number of nitrogens with zero attached hydrogens (tertiary/aromatic N) is 2. The van der Waals surface area contributed by atoms with E-state index >= 15 is 0 Å². The molecule has 0 fully saturated rings. The Labute approximate surface area is 171 Å². The molecule has 3 aromatic carbocycles. The normalized spacial score (nSPS) is 11.3. The number of alkyl halides is 3. The van der Waals surface area contributed by atoms with Crippen molar-refractivity contribution in [1.29, 1.82) is 0 Å². The summed E-state index contributed by atoms with van der Waals surface area (Å²) in [5.74, 6) is 1.33. The zero-order chi connectivity index (χ0) is 19.7. The average Bonchev–Trinajstić information content (AvgIpc) is 3.06. The van der Waals surface area contributed by atoms with E-state index in [-0.39, 0.29) is 19.0 Å². The molecule has 0 aliphatic rings. The molecular weight excluding hydrogens is 403 g/mol. The lowest BCUT2D eigenvalue weighted by molar-refractivity contribution is -0.137. The number of benzene rings is 3. The molecule has 0 unspecified atom stereocenters. The number of hydrogen-bond acceptors (Lipinski definition) is 3. The van der Waals surface area contributed by atoms with Gasteiger partial charge in [-0.05, 0) is 54.6 Å². The Bertz CT molecular complexity index is 1110. The molecule has 1 heterocycles. The van der Waals surface area contributed by atoms with Gasteiger partial charge >= 0.3 is 6.18 Å². The third-order valence-electron chi connectivity index (χ3n) is 4.34. The first kappa shape index (κ1) is 20.7. The molecule has 8 heteroatoms. The molecule has 4 nitrogen and oxygen atoms in total. The van der Waals surface area contributed by atoms with E-state index in [0.717, 1.165) is 23.0 Å². The number of nitrogens with two attached hydrogens (primary N) is 1. The first-order valence-electron chi connectivity index (χ1n) is 8.58. The lowest BCUT2D eigenvalue weighted by Gasteiger charge is -2.09. The van der Waals surface area contributed by atoms with Gasteiger partial charge in [0.1, 0.15) is 11.5 Å². The van der Waals surface area contributed by atoms with Crippen molar-refractivity contribution in [3.8, 4) is 17.2 Å². The van der Waals surface area contributed by atoms with Gasteiger partial charge < -0.3 is 10.5 Å². The molecule has 2 N–H and O–H groups in total. The highest BCUT2D eigenvalue weighted by Crippen LogP contribution is 2.32. The third-order valence-corrected chi connectivity index (χ3v) is 4.34. The minimum atomic E-state index is -4.38. The van der Waals surface area contributed by atoms with Crippen LogP contribution in [0.5, 0.6) is 11.5 Å². The zero-order valence-electron chi connectivity index (χ0n) is 15.1. The molecule has 1 aromatic heterocycles. The van der Waals surface area contributed by atoms with Crippen LogP contribution in [0.25, 0.3) is 16.6 Å². The van der Waals surface area contributed by atoms with Crippen LogP contribution in [0.1, 0.15) is 11.3 Å². The molecule has 0 aliphatic heterocycles. The van der Waals surface area contributed by atoms with Crippen molar-refractivity contribution in [3.63, 3.8) is 0 Å². The first-order chi connectivity index (χ1) is 13.5. The van der Waals surface area contributed by atoms with Crippen LogP contribution < -0.4 is 10.5 Å². The summed E-state index contributed by atoms with van der Waals surface area (Å²) in [6, 6.07) is 19.6. The van der Waals surface area contributed by atoms with Gasteiger partial charge in [-0.1, -0.05) is 18.2 Å². The van der Waals surface area contributed by atoms with Crippen molar-refractivity contribution >= 4 is 23.3 Å². The summed E-state index contributed by atoms with van der Waals surface area (Å²) in [5.41, 5.74) is 7.01. The fraction of sp³-hybridized carbons (Fsp3) is 0.0952. The smallest absolute Gasteiger partial charge is 0.416 e. The SMILES string of the molecule is Cl.NCc1nn(-c2ccc(C(F)(F)F)cc2)c2ccc(Oc3ccccc3)cc12. The number of rotatable bonds is 4. The predicted molar refractivity (Wildman–Crippen MR) is 108 cm³/mol. The number of ether oxygens (including phenoxy) is 1. The Kier molecular flexibility index (Phi) is 5.81. The Morgan fingerprint density at radius 3 is 2.21 bits per heavy atom. The van der Waals surface area contributed by atoms with E-state index in [0.29, 0.717) is 22.9 Å². The quantitative estimate of drug-likeness (QED) is 0.460. The van der Waals surface area contributed by atoms with Crippen LogP contribution in [-0.4, -0.2) is 9.78 Å². The number of aromatic nitrogens is 2. The predicted octanol–water partition coefficient (Wildman–Crippen LogP) is 5.72. The topological polar surface area (TPSA) is 53.1 Å². The van der Waals surface area contributed by atoms with Gasteiger partial charge in [0, 0.05) is 11.9 Å². The molecular formula is C21H17ClF3N3O. The van der Waals surface area contributed by atoms with E-state index in [2.05, 4.69) is 5.10 Å². The monoisotopic (exact) mass is 419 g/mol. The number of hydrogen-bond donors (Lipinski definition) is 1. The van der Waals surface area contributed by atoms with Crippen LogP contribution in [0.2, 0.25) is 0 Å². The number of halogens is 4. The Hall–Kier alpha value is -3.03. The molecule has 0 radical (unpaired) electrons. The minimum absolute atomic E-state index is 0. The van der Waals surface area contributed by atoms with Crippen LogP contribution in [0.3, 0.4) is 0 Å². The molecule has 0 bridgehead atoms. The summed E-state index contributed by atoms with van der Waals surface area (Å²) in [6.07, 6.45) is -4.38. The second-order valence-corrected chi connectivity index (χ2v) is 6.20. The average molecular weight is 420 g/mol. The molecule has 0 atom stereocenters. The van der Waals surface area contributed by atoms with Gasteiger partial charge in [0.25, 0.3) is 0 Å². The molecule has 4 rings (SSSR count). The first-order valence-corrected chi connectivity index (χ1v) is 8.58. The Morgan fingerprint density at radius 1 is 0.897 bits per heavy atom. The van der Waals surface area contributed by atoms with Crippen LogP contribution in [-0.2, 0) is 12.7 Å². The molecule has 0 aliphatic carbocycles. The van der Waals surface area contributed by atoms with Crippen molar-refractivity contribution in [1.82, 2.24) is 9.78 Å². The van der Waals surface area contributed by atoms with Gasteiger partial charge in [0.2, 0.25) is 0 Å². The van der Waals surface area contributed by atoms with Gasteiger partial charge in [-0.25, -0.2) is 4.68 Å². The van der Waals surface area contributed by atoms with E-state index < -0.39 is 11.7 Å². The minimum Gasteiger partial charge on any atom is -0.457 e. The summed E-state index contributed by atoms with van der Waals surface area (Å²) >= 11 is 0. The summed E-state index contributed by atoms with van der Waals surface area (Å²) in [6.45, 7) is 0.193. The summed E-state index contributed by atoms with van der Waals surface area (Å²) in [4.78, 5) is 0. The van der Waals surface area contributed by atoms with Crippen molar-refractivity contribution in [2.75, 3.05) is 0 Å². The van der Waals surface area contributed by atoms with Crippen molar-refractivity contribution in [2.24, 2.45) is 5.73 Å². The van der Waals surface area contributed by atoms with E-state index in [1.165, 1.54) is 12.1 Å². The standard InChI is InChI=1S/C21H16F3N3O.ClH/c22-21(23,24)14-6-8-15(9-7-14)27-20-11-10-17(12-18(20)19(13-25)26-27)28-16-4-2-1-3-5-16;/h1-12H,13,25H2;1H. The molecule has 150 valence electrons. The fourth-order valence-electron chi connectivity index (χ4n) is 2.99. The Balaban J connectivity index is 0.00000240. The highest BCUT2D eigenvalue weighted by atomic mass is 35.5. The van der Waals surface area contributed by atoms with Crippen LogP contribution >= 0.6 is 12.4 Å². The maximum atomic E-state index is 12.8. The summed E-state index contributed by atoms with van der Waals surface area (Å²) in [5, 5.41) is 5.26. The molecule has 0 amide bonds. The number of para-hydroxylation sites is 1. The van der Waals surface area contributed by atoms with Crippen LogP contribution in [0.4, 0.5) is 13.2 Å². The molecule has 0 spiro atoms.